The molecule has 0 radical (unpaired) electrons. The summed E-state index contributed by atoms with van der Waals surface area (Å²) in [5, 5.41) is 3.32. The van der Waals surface area contributed by atoms with Crippen LogP contribution in [0.5, 0.6) is 0 Å². The third-order valence-corrected chi connectivity index (χ3v) is 6.03. The minimum absolute atomic E-state index is 0.0753. The van der Waals surface area contributed by atoms with Crippen molar-refractivity contribution in [2.75, 3.05) is 16.4 Å². The maximum atomic E-state index is 12.4. The summed E-state index contributed by atoms with van der Waals surface area (Å²) in [5.41, 5.74) is 0.847. The Hall–Kier alpha value is -2.35. The molecular weight excluding hydrogens is 320 g/mol. The fourth-order valence-electron chi connectivity index (χ4n) is 3.38. The number of carbonyl (C=O) groups excluding carboxylic acids is 2. The van der Waals surface area contributed by atoms with E-state index in [0.29, 0.717) is 16.7 Å². The molecule has 1 aromatic heterocycles. The summed E-state index contributed by atoms with van der Waals surface area (Å²) in [6, 6.07) is 5.64. The zero-order valence-corrected chi connectivity index (χ0v) is 13.1. The molecule has 4 rings (SSSR count). The zero-order chi connectivity index (χ0) is 16.4. The number of nitrogens with zero attached hydrogens (tertiary/aromatic N) is 1. The minimum Gasteiger partial charge on any atom is -0.451 e. The summed E-state index contributed by atoms with van der Waals surface area (Å²) in [4.78, 5) is 25.7. The number of rotatable bonds is 2. The number of urea groups is 1. The summed E-state index contributed by atoms with van der Waals surface area (Å²) in [5.74, 6) is -0.433. The fraction of sp³-hybridized carbons (Fsp3) is 0.333. The van der Waals surface area contributed by atoms with Gasteiger partial charge in [-0.2, -0.15) is 0 Å². The number of sulfone groups is 1. The predicted molar refractivity (Wildman–Crippen MR) is 83.5 cm³/mol. The summed E-state index contributed by atoms with van der Waals surface area (Å²) in [6.07, 6.45) is 0. The molecule has 8 heteroatoms. The molecule has 1 N–H and O–H groups in total. The first-order valence-corrected chi connectivity index (χ1v) is 9.02. The Morgan fingerprint density at radius 2 is 2.04 bits per heavy atom. The van der Waals surface area contributed by atoms with Crippen LogP contribution in [-0.2, 0) is 9.84 Å². The number of furan rings is 1. The number of fused-ring (bicyclic) bond motifs is 2. The van der Waals surface area contributed by atoms with Crippen LogP contribution in [0.4, 0.5) is 10.5 Å². The van der Waals surface area contributed by atoms with E-state index in [-0.39, 0.29) is 23.0 Å². The number of amides is 2. The largest absolute Gasteiger partial charge is 0.451 e. The van der Waals surface area contributed by atoms with Gasteiger partial charge < -0.3 is 9.73 Å². The fourth-order valence-corrected chi connectivity index (χ4v) is 5.27. The minimum atomic E-state index is -3.21. The standard InChI is InChI=1S/C15H14N2O5S/c1-8(18)14-13(9-4-2-3-5-12(9)22-14)17-11-7-23(20,21)6-10(11)16-15(17)19/h2-5,10-11H,6-7H2,1H3,(H,16,19). The number of hydrogen-bond donors (Lipinski definition) is 1. The SMILES string of the molecule is CC(=O)c1oc2ccccc2c1N1C(=O)NC2CS(=O)(=O)CC21. The second kappa shape index (κ2) is 4.58. The van der Waals surface area contributed by atoms with E-state index in [2.05, 4.69) is 5.32 Å². The Kier molecular flexibility index (Phi) is 2.84. The van der Waals surface area contributed by atoms with E-state index >= 15 is 0 Å². The van der Waals surface area contributed by atoms with Gasteiger partial charge in [0.25, 0.3) is 0 Å². The first-order chi connectivity index (χ1) is 10.9. The van der Waals surface area contributed by atoms with Crippen molar-refractivity contribution in [3.05, 3.63) is 30.0 Å². The molecule has 2 aromatic rings. The van der Waals surface area contributed by atoms with E-state index in [1.807, 2.05) is 0 Å². The van der Waals surface area contributed by atoms with Crippen LogP contribution in [0, 0.1) is 0 Å². The van der Waals surface area contributed by atoms with Gasteiger partial charge in [-0.15, -0.1) is 0 Å². The number of anilines is 1. The van der Waals surface area contributed by atoms with Gasteiger partial charge in [0.05, 0.1) is 23.6 Å². The van der Waals surface area contributed by atoms with Gasteiger partial charge in [-0.3, -0.25) is 9.69 Å². The summed E-state index contributed by atoms with van der Waals surface area (Å²) in [6.45, 7) is 1.36. The number of benzene rings is 1. The molecule has 0 bridgehead atoms. The van der Waals surface area contributed by atoms with Crippen LogP contribution in [0.15, 0.2) is 28.7 Å². The van der Waals surface area contributed by atoms with Gasteiger partial charge >= 0.3 is 6.03 Å². The number of Topliss-reactive ketones (excluding diaryl/α,β-unsaturated/α-hetero) is 1. The van der Waals surface area contributed by atoms with Crippen molar-refractivity contribution in [3.8, 4) is 0 Å². The maximum absolute atomic E-state index is 12.4. The third kappa shape index (κ3) is 2.05. The number of para-hydroxylation sites is 1. The molecule has 2 aliphatic rings. The van der Waals surface area contributed by atoms with E-state index in [1.54, 1.807) is 24.3 Å². The van der Waals surface area contributed by atoms with Gasteiger partial charge in [-0.1, -0.05) is 12.1 Å². The molecule has 120 valence electrons. The molecule has 2 unspecified atom stereocenters. The van der Waals surface area contributed by atoms with Gasteiger partial charge in [0, 0.05) is 12.3 Å². The van der Waals surface area contributed by atoms with E-state index in [4.69, 9.17) is 4.42 Å². The van der Waals surface area contributed by atoms with Crippen molar-refractivity contribution in [1.29, 1.82) is 0 Å². The summed E-state index contributed by atoms with van der Waals surface area (Å²) >= 11 is 0. The molecular formula is C15H14N2O5S. The lowest BCUT2D eigenvalue weighted by Gasteiger charge is -2.21. The smallest absolute Gasteiger partial charge is 0.322 e. The highest BCUT2D eigenvalue weighted by Gasteiger charge is 2.50. The van der Waals surface area contributed by atoms with Gasteiger partial charge in [-0.25, -0.2) is 13.2 Å². The van der Waals surface area contributed by atoms with Crippen LogP contribution in [0.2, 0.25) is 0 Å². The molecule has 7 nitrogen and oxygen atoms in total. The average molecular weight is 334 g/mol. The van der Waals surface area contributed by atoms with Gasteiger partial charge in [0.15, 0.2) is 21.4 Å². The highest BCUT2D eigenvalue weighted by Crippen LogP contribution is 2.39. The summed E-state index contributed by atoms with van der Waals surface area (Å²) in [7, 11) is -3.21. The second-order valence-electron chi connectivity index (χ2n) is 5.90. The number of ketones is 1. The molecule has 2 amide bonds. The van der Waals surface area contributed by atoms with Crippen molar-refractivity contribution >= 4 is 38.3 Å². The Bertz CT molecular complexity index is 946. The van der Waals surface area contributed by atoms with Crippen LogP contribution in [0.3, 0.4) is 0 Å². The van der Waals surface area contributed by atoms with Crippen molar-refractivity contribution in [2.24, 2.45) is 0 Å². The highest BCUT2D eigenvalue weighted by atomic mass is 32.2. The Morgan fingerprint density at radius 1 is 1.30 bits per heavy atom. The van der Waals surface area contributed by atoms with Gasteiger partial charge in [0.2, 0.25) is 0 Å². The molecule has 3 heterocycles. The highest BCUT2D eigenvalue weighted by molar-refractivity contribution is 7.91. The van der Waals surface area contributed by atoms with Crippen LogP contribution in [0.1, 0.15) is 17.5 Å². The second-order valence-corrected chi connectivity index (χ2v) is 8.06. The normalized spacial score (nSPS) is 25.6. The number of carbonyl (C=O) groups is 2. The molecule has 2 fully saturated rings. The molecule has 0 aliphatic carbocycles. The molecule has 23 heavy (non-hydrogen) atoms. The van der Waals surface area contributed by atoms with Crippen molar-refractivity contribution < 1.29 is 22.4 Å². The Morgan fingerprint density at radius 3 is 2.78 bits per heavy atom. The first kappa shape index (κ1) is 14.3. The lowest BCUT2D eigenvalue weighted by molar-refractivity contribution is 0.0990. The molecule has 0 saturated carbocycles. The predicted octanol–water partition coefficient (Wildman–Crippen LogP) is 1.33. The van der Waals surface area contributed by atoms with Crippen LogP contribution in [0.25, 0.3) is 11.0 Å². The quantitative estimate of drug-likeness (QED) is 0.660. The lowest BCUT2D eigenvalue weighted by Crippen LogP contribution is -2.37. The van der Waals surface area contributed by atoms with Gasteiger partial charge in [-0.05, 0) is 12.1 Å². The molecule has 2 atom stereocenters. The van der Waals surface area contributed by atoms with Crippen LogP contribution in [-0.4, -0.2) is 43.8 Å². The molecule has 2 aliphatic heterocycles. The maximum Gasteiger partial charge on any atom is 0.322 e. The Labute approximate surface area is 132 Å². The van der Waals surface area contributed by atoms with Gasteiger partial charge in [0.1, 0.15) is 11.3 Å². The summed E-state index contributed by atoms with van der Waals surface area (Å²) < 4.78 is 29.4. The first-order valence-electron chi connectivity index (χ1n) is 7.20. The molecule has 0 spiro atoms. The molecule has 2 saturated heterocycles. The van der Waals surface area contributed by atoms with Crippen LogP contribution < -0.4 is 10.2 Å². The van der Waals surface area contributed by atoms with Crippen molar-refractivity contribution in [3.63, 3.8) is 0 Å². The monoisotopic (exact) mass is 334 g/mol. The van der Waals surface area contributed by atoms with E-state index < -0.39 is 28.0 Å². The van der Waals surface area contributed by atoms with Crippen molar-refractivity contribution in [2.45, 2.75) is 19.0 Å². The lowest BCUT2D eigenvalue weighted by atomic mass is 10.1. The third-order valence-electron chi connectivity index (χ3n) is 4.31. The number of nitrogens with one attached hydrogen (secondary N) is 1. The van der Waals surface area contributed by atoms with E-state index in [1.165, 1.54) is 11.8 Å². The van der Waals surface area contributed by atoms with E-state index in [9.17, 15) is 18.0 Å². The topological polar surface area (TPSA) is 96.7 Å². The Balaban J connectivity index is 1.93. The average Bonchev–Trinajstić information content (AvgIpc) is 3.06. The van der Waals surface area contributed by atoms with Crippen LogP contribution >= 0.6 is 0 Å². The number of hydrogen-bond acceptors (Lipinski definition) is 5. The molecule has 1 aromatic carbocycles. The van der Waals surface area contributed by atoms with E-state index in [0.717, 1.165) is 0 Å². The van der Waals surface area contributed by atoms with Crippen molar-refractivity contribution in [1.82, 2.24) is 5.32 Å². The zero-order valence-electron chi connectivity index (χ0n) is 12.3.